The molecule has 4 rings (SSSR count). The Kier molecular flexibility index (Phi) is 6.26. The summed E-state index contributed by atoms with van der Waals surface area (Å²) in [5.41, 5.74) is 0.178. The molecule has 8 nitrogen and oxygen atoms in total. The number of halogens is 4. The van der Waals surface area contributed by atoms with Crippen molar-refractivity contribution >= 4 is 23.0 Å². The summed E-state index contributed by atoms with van der Waals surface area (Å²) in [5.74, 6) is 0.918. The van der Waals surface area contributed by atoms with Crippen LogP contribution in [-0.2, 0) is 12.7 Å². The molecular weight excluding hydrogens is 463 g/mol. The van der Waals surface area contributed by atoms with Crippen LogP contribution >= 0.6 is 11.6 Å². The molecule has 0 atom stereocenters. The predicted octanol–water partition coefficient (Wildman–Crippen LogP) is 4.95. The molecule has 0 spiro atoms. The Balaban J connectivity index is 1.44. The van der Waals surface area contributed by atoms with E-state index >= 15 is 0 Å². The highest BCUT2D eigenvalue weighted by atomic mass is 35.5. The number of rotatable bonds is 5. The van der Waals surface area contributed by atoms with Crippen LogP contribution in [0.5, 0.6) is 0 Å². The molecule has 3 aromatic rings. The van der Waals surface area contributed by atoms with Crippen molar-refractivity contribution in [3.05, 3.63) is 68.6 Å². The van der Waals surface area contributed by atoms with Gasteiger partial charge in [-0.25, -0.2) is 0 Å². The summed E-state index contributed by atoms with van der Waals surface area (Å²) in [5, 5.41) is 14.9. The minimum Gasteiger partial charge on any atom is -0.363 e. The highest BCUT2D eigenvalue weighted by Gasteiger charge is 2.37. The van der Waals surface area contributed by atoms with Crippen molar-refractivity contribution in [3.63, 3.8) is 0 Å². The maximum atomic E-state index is 13.1. The monoisotopic (exact) mass is 481 g/mol. The van der Waals surface area contributed by atoms with E-state index in [2.05, 4.69) is 10.1 Å². The minimum absolute atomic E-state index is 0.0668. The number of piperazine rings is 1. The van der Waals surface area contributed by atoms with Crippen LogP contribution in [-0.4, -0.2) is 46.1 Å². The number of hydrogen-bond donors (Lipinski definition) is 0. The van der Waals surface area contributed by atoms with Crippen molar-refractivity contribution < 1.29 is 22.6 Å². The minimum atomic E-state index is -4.78. The summed E-state index contributed by atoms with van der Waals surface area (Å²) in [6.07, 6.45) is -4.78. The fraction of sp³-hybridized carbons (Fsp3) is 0.333. The highest BCUT2D eigenvalue weighted by molar-refractivity contribution is 6.31. The Morgan fingerprint density at radius 3 is 2.42 bits per heavy atom. The highest BCUT2D eigenvalue weighted by Crippen LogP contribution is 2.41. The number of alkyl halides is 3. The standard InChI is InChI=1S/C21H19ClF3N5O3/c1-13-2-4-14(5-3-13)20-26-19(33-27-20)12-28-6-8-29(9-7-28)17-11-16(22)15(21(23,24)25)10-18(17)30(31)32/h2-5,10-11H,6-9,12H2,1H3. The normalized spacial score (nSPS) is 15.1. The number of aryl methyl sites for hydroxylation is 1. The van der Waals surface area contributed by atoms with Gasteiger partial charge in [-0.05, 0) is 13.0 Å². The number of aromatic nitrogens is 2. The third kappa shape index (κ3) is 5.09. The van der Waals surface area contributed by atoms with E-state index in [1.807, 2.05) is 36.1 Å². The number of anilines is 1. The molecule has 2 aromatic carbocycles. The van der Waals surface area contributed by atoms with Crippen LogP contribution < -0.4 is 4.90 Å². The molecule has 1 aliphatic heterocycles. The van der Waals surface area contributed by atoms with E-state index in [-0.39, 0.29) is 5.69 Å². The average Bonchev–Trinajstić information content (AvgIpc) is 3.22. The summed E-state index contributed by atoms with van der Waals surface area (Å²) in [6, 6.07) is 9.24. The van der Waals surface area contributed by atoms with E-state index in [0.717, 1.165) is 17.2 Å². The van der Waals surface area contributed by atoms with Gasteiger partial charge in [0.05, 0.1) is 22.1 Å². The van der Waals surface area contributed by atoms with Gasteiger partial charge in [-0.2, -0.15) is 18.2 Å². The van der Waals surface area contributed by atoms with E-state index in [0.29, 0.717) is 50.5 Å². The van der Waals surface area contributed by atoms with Crippen LogP contribution in [0.2, 0.25) is 5.02 Å². The van der Waals surface area contributed by atoms with E-state index in [1.165, 1.54) is 0 Å². The predicted molar refractivity (Wildman–Crippen MR) is 115 cm³/mol. The van der Waals surface area contributed by atoms with Crippen molar-refractivity contribution in [3.8, 4) is 11.4 Å². The van der Waals surface area contributed by atoms with E-state index in [9.17, 15) is 23.3 Å². The van der Waals surface area contributed by atoms with Gasteiger partial charge in [0.15, 0.2) is 0 Å². The molecule has 33 heavy (non-hydrogen) atoms. The smallest absolute Gasteiger partial charge is 0.363 e. The zero-order valence-corrected chi connectivity index (χ0v) is 18.2. The molecule has 1 fully saturated rings. The third-order valence-corrected chi connectivity index (χ3v) is 5.73. The van der Waals surface area contributed by atoms with E-state index < -0.39 is 27.4 Å². The SMILES string of the molecule is Cc1ccc(-c2noc(CN3CCN(c4cc(Cl)c(C(F)(F)F)cc4[N+](=O)[O-])CC3)n2)cc1. The zero-order chi connectivity index (χ0) is 23.8. The van der Waals surface area contributed by atoms with Crippen LogP contribution in [0.3, 0.4) is 0 Å². The fourth-order valence-corrected chi connectivity index (χ4v) is 3.91. The number of nitrogens with zero attached hydrogens (tertiary/aromatic N) is 5. The summed E-state index contributed by atoms with van der Waals surface area (Å²) < 4.78 is 44.7. The van der Waals surface area contributed by atoms with Gasteiger partial charge in [0.2, 0.25) is 11.7 Å². The van der Waals surface area contributed by atoms with Crippen molar-refractivity contribution in [1.29, 1.82) is 0 Å². The van der Waals surface area contributed by atoms with Gasteiger partial charge in [-0.1, -0.05) is 46.6 Å². The van der Waals surface area contributed by atoms with Crippen molar-refractivity contribution in [1.82, 2.24) is 15.0 Å². The molecule has 0 aliphatic carbocycles. The van der Waals surface area contributed by atoms with Crippen molar-refractivity contribution in [2.24, 2.45) is 0 Å². The van der Waals surface area contributed by atoms with Gasteiger partial charge in [0, 0.05) is 37.8 Å². The van der Waals surface area contributed by atoms with Gasteiger partial charge < -0.3 is 9.42 Å². The second-order valence-electron chi connectivity index (χ2n) is 7.72. The van der Waals surface area contributed by atoms with Crippen molar-refractivity contribution in [2.45, 2.75) is 19.6 Å². The number of hydrogen-bond acceptors (Lipinski definition) is 7. The lowest BCUT2D eigenvalue weighted by Gasteiger charge is -2.35. The van der Waals surface area contributed by atoms with Gasteiger partial charge in [0.1, 0.15) is 5.69 Å². The molecule has 0 unspecified atom stereocenters. The third-order valence-electron chi connectivity index (χ3n) is 5.42. The molecule has 0 radical (unpaired) electrons. The lowest BCUT2D eigenvalue weighted by Crippen LogP contribution is -2.46. The van der Waals surface area contributed by atoms with Crippen LogP contribution in [0.1, 0.15) is 17.0 Å². The Bertz CT molecular complexity index is 1160. The summed E-state index contributed by atoms with van der Waals surface area (Å²) >= 11 is 5.80. The van der Waals surface area contributed by atoms with E-state index in [4.69, 9.17) is 16.1 Å². The first kappa shape index (κ1) is 23.0. The molecule has 2 heterocycles. The Morgan fingerprint density at radius 2 is 1.82 bits per heavy atom. The molecule has 0 N–H and O–H groups in total. The van der Waals surface area contributed by atoms with E-state index in [1.54, 1.807) is 4.90 Å². The molecule has 1 saturated heterocycles. The zero-order valence-electron chi connectivity index (χ0n) is 17.5. The maximum Gasteiger partial charge on any atom is 0.418 e. The number of benzene rings is 2. The number of nitro benzene ring substituents is 1. The maximum absolute atomic E-state index is 13.1. The van der Waals surface area contributed by atoms with Gasteiger partial charge >= 0.3 is 6.18 Å². The first-order valence-electron chi connectivity index (χ1n) is 10.0. The summed E-state index contributed by atoms with van der Waals surface area (Å²) in [4.78, 5) is 18.7. The van der Waals surface area contributed by atoms with Crippen LogP contribution in [0.25, 0.3) is 11.4 Å². The molecule has 0 saturated carbocycles. The topological polar surface area (TPSA) is 88.5 Å². The Labute approximate surface area is 191 Å². The lowest BCUT2D eigenvalue weighted by atomic mass is 10.1. The largest absolute Gasteiger partial charge is 0.418 e. The van der Waals surface area contributed by atoms with Gasteiger partial charge in [-0.15, -0.1) is 0 Å². The molecule has 0 bridgehead atoms. The van der Waals surface area contributed by atoms with Crippen LogP contribution in [0.15, 0.2) is 40.9 Å². The molecular formula is C21H19ClF3N5O3. The number of nitro groups is 1. The van der Waals surface area contributed by atoms with Crippen molar-refractivity contribution in [2.75, 3.05) is 31.1 Å². The second-order valence-corrected chi connectivity index (χ2v) is 8.12. The molecule has 1 aromatic heterocycles. The first-order chi connectivity index (χ1) is 15.6. The molecule has 0 amide bonds. The van der Waals surface area contributed by atoms with Gasteiger partial charge in [0.25, 0.3) is 5.69 Å². The Morgan fingerprint density at radius 1 is 1.15 bits per heavy atom. The van der Waals surface area contributed by atoms with Gasteiger partial charge in [-0.3, -0.25) is 15.0 Å². The summed E-state index contributed by atoms with van der Waals surface area (Å²) in [7, 11) is 0. The average molecular weight is 482 g/mol. The van der Waals surface area contributed by atoms with Crippen LogP contribution in [0, 0.1) is 17.0 Å². The molecule has 1 aliphatic rings. The molecule has 174 valence electrons. The van der Waals surface area contributed by atoms with Crippen LogP contribution in [0.4, 0.5) is 24.5 Å². The fourth-order valence-electron chi connectivity index (χ4n) is 3.65. The second kappa shape index (κ2) is 8.99. The summed E-state index contributed by atoms with van der Waals surface area (Å²) in [6.45, 7) is 4.10. The first-order valence-corrected chi connectivity index (χ1v) is 10.4. The lowest BCUT2D eigenvalue weighted by molar-refractivity contribution is -0.384. The quantitative estimate of drug-likeness (QED) is 0.376. The Hall–Kier alpha value is -3.18. The molecule has 12 heteroatoms.